The first-order valence-corrected chi connectivity index (χ1v) is 9.95. The molecule has 0 bridgehead atoms. The molecule has 0 aliphatic heterocycles. The molecule has 0 fully saturated rings. The summed E-state index contributed by atoms with van der Waals surface area (Å²) in [7, 11) is 1.57. The standard InChI is InChI=1S/C23H29FN2O4/c1-5-21(23(28)25-16(2)3)26(14-17-6-8-18(24)9-7-17)22(27)15-30-20-12-10-19(29-4)11-13-20/h6-13,16,21H,5,14-15H2,1-4H3,(H,25,28)/t21-/m0/s1. The molecule has 0 aliphatic rings. The smallest absolute Gasteiger partial charge is 0.261 e. The van der Waals surface area contributed by atoms with E-state index in [0.29, 0.717) is 17.9 Å². The third kappa shape index (κ3) is 6.76. The number of rotatable bonds is 10. The van der Waals surface area contributed by atoms with E-state index in [4.69, 9.17) is 9.47 Å². The lowest BCUT2D eigenvalue weighted by Crippen LogP contribution is -2.51. The van der Waals surface area contributed by atoms with Gasteiger partial charge in [-0.25, -0.2) is 4.39 Å². The second kappa shape index (κ2) is 11.2. The van der Waals surface area contributed by atoms with Gasteiger partial charge in [-0.1, -0.05) is 19.1 Å². The van der Waals surface area contributed by atoms with E-state index in [2.05, 4.69) is 5.32 Å². The highest BCUT2D eigenvalue weighted by Gasteiger charge is 2.29. The second-order valence-corrected chi connectivity index (χ2v) is 7.20. The Kier molecular flexibility index (Phi) is 8.65. The molecule has 7 heteroatoms. The van der Waals surface area contributed by atoms with Crippen LogP contribution >= 0.6 is 0 Å². The minimum Gasteiger partial charge on any atom is -0.497 e. The molecule has 2 aromatic carbocycles. The van der Waals surface area contributed by atoms with Gasteiger partial charge >= 0.3 is 0 Å². The van der Waals surface area contributed by atoms with Gasteiger partial charge in [0.2, 0.25) is 5.91 Å². The lowest BCUT2D eigenvalue weighted by atomic mass is 10.1. The van der Waals surface area contributed by atoms with Crippen molar-refractivity contribution in [1.29, 1.82) is 0 Å². The van der Waals surface area contributed by atoms with Crippen LogP contribution in [0.1, 0.15) is 32.8 Å². The van der Waals surface area contributed by atoms with E-state index in [9.17, 15) is 14.0 Å². The quantitative estimate of drug-likeness (QED) is 0.643. The molecule has 0 radical (unpaired) electrons. The third-order valence-corrected chi connectivity index (χ3v) is 4.50. The normalized spacial score (nSPS) is 11.7. The highest BCUT2D eigenvalue weighted by Crippen LogP contribution is 2.18. The summed E-state index contributed by atoms with van der Waals surface area (Å²) in [5.74, 6) is 0.283. The lowest BCUT2D eigenvalue weighted by molar-refractivity contribution is -0.143. The fourth-order valence-electron chi connectivity index (χ4n) is 2.99. The van der Waals surface area contributed by atoms with Gasteiger partial charge in [-0.3, -0.25) is 9.59 Å². The summed E-state index contributed by atoms with van der Waals surface area (Å²) in [6.45, 7) is 5.53. The minimum absolute atomic E-state index is 0.0510. The van der Waals surface area contributed by atoms with E-state index in [0.717, 1.165) is 5.56 Å². The van der Waals surface area contributed by atoms with Crippen LogP contribution in [0.25, 0.3) is 0 Å². The maximum Gasteiger partial charge on any atom is 0.261 e. The highest BCUT2D eigenvalue weighted by molar-refractivity contribution is 5.88. The van der Waals surface area contributed by atoms with E-state index >= 15 is 0 Å². The molecule has 0 heterocycles. The monoisotopic (exact) mass is 416 g/mol. The number of amides is 2. The summed E-state index contributed by atoms with van der Waals surface area (Å²) in [5.41, 5.74) is 0.727. The molecule has 6 nitrogen and oxygen atoms in total. The number of nitrogens with zero attached hydrogens (tertiary/aromatic N) is 1. The Hall–Kier alpha value is -3.09. The Morgan fingerprint density at radius 3 is 2.17 bits per heavy atom. The lowest BCUT2D eigenvalue weighted by Gasteiger charge is -2.31. The number of halogens is 1. The van der Waals surface area contributed by atoms with Gasteiger partial charge in [-0.2, -0.15) is 0 Å². The largest absolute Gasteiger partial charge is 0.497 e. The predicted molar refractivity (Wildman–Crippen MR) is 113 cm³/mol. The van der Waals surface area contributed by atoms with Crippen LogP contribution in [0, 0.1) is 5.82 Å². The number of carbonyl (C=O) groups is 2. The SMILES string of the molecule is CC[C@@H](C(=O)NC(C)C)N(Cc1ccc(F)cc1)C(=O)COc1ccc(OC)cc1. The van der Waals surface area contributed by atoms with Crippen LogP contribution in [0.3, 0.4) is 0 Å². The maximum atomic E-state index is 13.3. The van der Waals surface area contributed by atoms with E-state index in [1.807, 2.05) is 20.8 Å². The number of nitrogens with one attached hydrogen (secondary N) is 1. The van der Waals surface area contributed by atoms with E-state index < -0.39 is 6.04 Å². The van der Waals surface area contributed by atoms with Crippen LogP contribution in [-0.2, 0) is 16.1 Å². The zero-order valence-corrected chi connectivity index (χ0v) is 17.9. The molecule has 0 saturated carbocycles. The maximum absolute atomic E-state index is 13.3. The van der Waals surface area contributed by atoms with Crippen molar-refractivity contribution in [1.82, 2.24) is 10.2 Å². The van der Waals surface area contributed by atoms with Crippen molar-refractivity contribution in [3.05, 3.63) is 59.9 Å². The molecule has 0 saturated heterocycles. The number of hydrogen-bond acceptors (Lipinski definition) is 4. The Labute approximate surface area is 177 Å². The molecule has 0 unspecified atom stereocenters. The molecule has 0 spiro atoms. The van der Waals surface area contributed by atoms with Crippen molar-refractivity contribution in [2.75, 3.05) is 13.7 Å². The van der Waals surface area contributed by atoms with Gasteiger partial charge in [0.15, 0.2) is 6.61 Å². The van der Waals surface area contributed by atoms with Crippen LogP contribution in [0.5, 0.6) is 11.5 Å². The molecule has 2 amide bonds. The number of carbonyl (C=O) groups excluding carboxylic acids is 2. The first kappa shape index (κ1) is 23.2. The minimum atomic E-state index is -0.663. The summed E-state index contributed by atoms with van der Waals surface area (Å²) >= 11 is 0. The fourth-order valence-corrected chi connectivity index (χ4v) is 2.99. The van der Waals surface area contributed by atoms with Gasteiger partial charge in [0.1, 0.15) is 23.4 Å². The molecule has 0 aromatic heterocycles. The van der Waals surface area contributed by atoms with Crippen LogP contribution < -0.4 is 14.8 Å². The molecular weight excluding hydrogens is 387 g/mol. The number of benzene rings is 2. The zero-order valence-electron chi connectivity index (χ0n) is 17.9. The molecular formula is C23H29FN2O4. The van der Waals surface area contributed by atoms with Crippen molar-refractivity contribution in [2.24, 2.45) is 0 Å². The molecule has 1 N–H and O–H groups in total. The Bertz CT molecular complexity index is 822. The molecule has 2 rings (SSSR count). The Balaban J connectivity index is 2.17. The summed E-state index contributed by atoms with van der Waals surface area (Å²) in [6, 6.07) is 12.1. The van der Waals surface area contributed by atoms with Gasteiger partial charge in [-0.15, -0.1) is 0 Å². The zero-order chi connectivity index (χ0) is 22.1. The molecule has 30 heavy (non-hydrogen) atoms. The average Bonchev–Trinajstić information content (AvgIpc) is 2.73. The van der Waals surface area contributed by atoms with Crippen LogP contribution in [0.15, 0.2) is 48.5 Å². The van der Waals surface area contributed by atoms with Crippen molar-refractivity contribution in [3.8, 4) is 11.5 Å². The van der Waals surface area contributed by atoms with Crippen molar-refractivity contribution in [2.45, 2.75) is 45.8 Å². The predicted octanol–water partition coefficient (Wildman–Crippen LogP) is 3.55. The number of methoxy groups -OCH3 is 1. The Morgan fingerprint density at radius 1 is 1.03 bits per heavy atom. The summed E-state index contributed by atoms with van der Waals surface area (Å²) in [5, 5.41) is 2.86. The molecule has 2 aromatic rings. The van der Waals surface area contributed by atoms with Crippen molar-refractivity contribution < 1.29 is 23.5 Å². The summed E-state index contributed by atoms with van der Waals surface area (Å²) < 4.78 is 24.0. The van der Waals surface area contributed by atoms with E-state index in [1.165, 1.54) is 17.0 Å². The second-order valence-electron chi connectivity index (χ2n) is 7.20. The molecule has 0 aliphatic carbocycles. The Morgan fingerprint density at radius 2 is 1.63 bits per heavy atom. The van der Waals surface area contributed by atoms with Gasteiger partial charge in [-0.05, 0) is 62.2 Å². The van der Waals surface area contributed by atoms with Crippen LogP contribution in [-0.4, -0.2) is 42.5 Å². The van der Waals surface area contributed by atoms with Gasteiger partial charge in [0, 0.05) is 12.6 Å². The van der Waals surface area contributed by atoms with E-state index in [-0.39, 0.29) is 36.8 Å². The first-order valence-electron chi connectivity index (χ1n) is 9.95. The summed E-state index contributed by atoms with van der Waals surface area (Å²) in [6.07, 6.45) is 0.439. The van der Waals surface area contributed by atoms with Crippen molar-refractivity contribution in [3.63, 3.8) is 0 Å². The fraction of sp³-hybridized carbons (Fsp3) is 0.391. The molecule has 1 atom stereocenters. The summed E-state index contributed by atoms with van der Waals surface area (Å²) in [4.78, 5) is 27.2. The van der Waals surface area contributed by atoms with Gasteiger partial charge in [0.25, 0.3) is 5.91 Å². The van der Waals surface area contributed by atoms with Gasteiger partial charge in [0.05, 0.1) is 7.11 Å². The highest BCUT2D eigenvalue weighted by atomic mass is 19.1. The average molecular weight is 416 g/mol. The number of hydrogen-bond donors (Lipinski definition) is 1. The first-order chi connectivity index (χ1) is 14.3. The van der Waals surface area contributed by atoms with Crippen LogP contribution in [0.2, 0.25) is 0 Å². The van der Waals surface area contributed by atoms with E-state index in [1.54, 1.807) is 43.5 Å². The van der Waals surface area contributed by atoms with Gasteiger partial charge < -0.3 is 19.7 Å². The van der Waals surface area contributed by atoms with Crippen LogP contribution in [0.4, 0.5) is 4.39 Å². The molecule has 162 valence electrons. The van der Waals surface area contributed by atoms with Crippen molar-refractivity contribution >= 4 is 11.8 Å². The third-order valence-electron chi connectivity index (χ3n) is 4.50. The number of ether oxygens (including phenoxy) is 2. The topological polar surface area (TPSA) is 67.9 Å².